The van der Waals surface area contributed by atoms with Crippen molar-refractivity contribution >= 4 is 29.0 Å². The van der Waals surface area contributed by atoms with E-state index in [1.54, 1.807) is 18.2 Å². The molecular weight excluding hydrogens is 281 g/mol. The zero-order chi connectivity index (χ0) is 13.8. The summed E-state index contributed by atoms with van der Waals surface area (Å²) in [5, 5.41) is 1.00. The molecule has 0 aromatic heterocycles. The van der Waals surface area contributed by atoms with Gasteiger partial charge in [0.2, 0.25) is 0 Å². The second-order valence-corrected chi connectivity index (χ2v) is 6.06. The molecule has 2 nitrogen and oxygen atoms in total. The molecule has 1 saturated heterocycles. The Balaban J connectivity index is 2.07. The number of nitrogens with zero attached hydrogens (tertiary/aromatic N) is 1. The van der Waals surface area contributed by atoms with Crippen molar-refractivity contribution in [3.05, 3.63) is 33.8 Å². The zero-order valence-electron chi connectivity index (χ0n) is 11.2. The third kappa shape index (κ3) is 3.95. The van der Waals surface area contributed by atoms with Gasteiger partial charge in [0.25, 0.3) is 0 Å². The molecule has 1 aromatic carbocycles. The van der Waals surface area contributed by atoms with Gasteiger partial charge in [-0.05, 0) is 44.5 Å². The van der Waals surface area contributed by atoms with Gasteiger partial charge < -0.3 is 0 Å². The van der Waals surface area contributed by atoms with Crippen LogP contribution in [0.2, 0.25) is 10.0 Å². The van der Waals surface area contributed by atoms with E-state index in [1.165, 1.54) is 25.7 Å². The molecule has 2 rings (SSSR count). The molecule has 0 aliphatic carbocycles. The molecule has 0 N–H and O–H groups in total. The van der Waals surface area contributed by atoms with Crippen LogP contribution in [0.5, 0.6) is 0 Å². The number of ketones is 1. The normalized spacial score (nSPS) is 21.1. The Hall–Kier alpha value is -0.570. The van der Waals surface area contributed by atoms with Crippen LogP contribution in [0.25, 0.3) is 0 Å². The summed E-state index contributed by atoms with van der Waals surface area (Å²) in [5.41, 5.74) is 0.572. The highest BCUT2D eigenvalue weighted by Gasteiger charge is 2.21. The zero-order valence-corrected chi connectivity index (χ0v) is 12.7. The second kappa shape index (κ2) is 6.74. The van der Waals surface area contributed by atoms with Gasteiger partial charge in [0.05, 0.1) is 11.6 Å². The lowest BCUT2D eigenvalue weighted by atomic mass is 10.1. The second-order valence-electron chi connectivity index (χ2n) is 5.22. The molecule has 0 spiro atoms. The number of rotatable bonds is 3. The monoisotopic (exact) mass is 299 g/mol. The van der Waals surface area contributed by atoms with Crippen molar-refractivity contribution in [1.29, 1.82) is 0 Å². The predicted molar refractivity (Wildman–Crippen MR) is 80.3 cm³/mol. The van der Waals surface area contributed by atoms with Crippen LogP contribution in [0.15, 0.2) is 18.2 Å². The molecule has 0 saturated carbocycles. The van der Waals surface area contributed by atoms with E-state index in [1.807, 2.05) is 0 Å². The van der Waals surface area contributed by atoms with Crippen LogP contribution >= 0.6 is 23.2 Å². The summed E-state index contributed by atoms with van der Waals surface area (Å²) in [6, 6.07) is 5.53. The SMILES string of the molecule is CC1CCCCCN1CC(=O)c1ccc(Cl)cc1Cl. The summed E-state index contributed by atoms with van der Waals surface area (Å²) in [6.45, 7) is 3.64. The summed E-state index contributed by atoms with van der Waals surface area (Å²) in [6.07, 6.45) is 4.86. The van der Waals surface area contributed by atoms with E-state index in [0.29, 0.717) is 28.2 Å². The Morgan fingerprint density at radius 3 is 2.84 bits per heavy atom. The average Bonchev–Trinajstić information content (AvgIpc) is 2.55. The topological polar surface area (TPSA) is 20.3 Å². The number of likely N-dealkylation sites (tertiary alicyclic amines) is 1. The van der Waals surface area contributed by atoms with Crippen LogP contribution in [-0.4, -0.2) is 29.8 Å². The molecular formula is C15H19Cl2NO. The largest absolute Gasteiger partial charge is 0.293 e. The van der Waals surface area contributed by atoms with Gasteiger partial charge in [0, 0.05) is 16.6 Å². The third-order valence-electron chi connectivity index (χ3n) is 3.77. The molecule has 1 unspecified atom stereocenters. The molecule has 1 heterocycles. The lowest BCUT2D eigenvalue weighted by Gasteiger charge is -2.26. The minimum atomic E-state index is 0.0791. The fourth-order valence-electron chi connectivity index (χ4n) is 2.55. The first-order valence-corrected chi connectivity index (χ1v) is 7.56. The number of hydrogen-bond donors (Lipinski definition) is 0. The van der Waals surface area contributed by atoms with Gasteiger partial charge in [-0.15, -0.1) is 0 Å². The minimum absolute atomic E-state index is 0.0791. The molecule has 1 aliphatic rings. The molecule has 0 amide bonds. The van der Waals surface area contributed by atoms with Crippen molar-refractivity contribution in [3.63, 3.8) is 0 Å². The number of halogens is 2. The number of hydrogen-bond acceptors (Lipinski definition) is 2. The lowest BCUT2D eigenvalue weighted by molar-refractivity contribution is 0.0902. The van der Waals surface area contributed by atoms with Crippen molar-refractivity contribution in [2.45, 2.75) is 38.6 Å². The van der Waals surface area contributed by atoms with Gasteiger partial charge in [-0.2, -0.15) is 0 Å². The van der Waals surface area contributed by atoms with Gasteiger partial charge in [0.15, 0.2) is 5.78 Å². The van der Waals surface area contributed by atoms with Crippen LogP contribution < -0.4 is 0 Å². The summed E-state index contributed by atoms with van der Waals surface area (Å²) in [4.78, 5) is 14.6. The molecule has 0 radical (unpaired) electrons. The molecule has 1 atom stereocenters. The molecule has 1 fully saturated rings. The van der Waals surface area contributed by atoms with Crippen molar-refractivity contribution in [1.82, 2.24) is 4.90 Å². The highest BCUT2D eigenvalue weighted by molar-refractivity contribution is 6.36. The van der Waals surface area contributed by atoms with E-state index >= 15 is 0 Å². The maximum atomic E-state index is 12.3. The number of Topliss-reactive ketones (excluding diaryl/α,β-unsaturated/α-hetero) is 1. The van der Waals surface area contributed by atoms with Crippen molar-refractivity contribution in [3.8, 4) is 0 Å². The van der Waals surface area contributed by atoms with Crippen LogP contribution in [0, 0.1) is 0 Å². The quantitative estimate of drug-likeness (QED) is 0.769. The first kappa shape index (κ1) is 14.8. The number of benzene rings is 1. The Morgan fingerprint density at radius 1 is 1.32 bits per heavy atom. The Morgan fingerprint density at radius 2 is 2.11 bits per heavy atom. The highest BCUT2D eigenvalue weighted by atomic mass is 35.5. The molecule has 4 heteroatoms. The fraction of sp³-hybridized carbons (Fsp3) is 0.533. The van der Waals surface area contributed by atoms with Crippen LogP contribution in [0.4, 0.5) is 0 Å². The van der Waals surface area contributed by atoms with Gasteiger partial charge in [-0.3, -0.25) is 9.69 Å². The van der Waals surface area contributed by atoms with E-state index < -0.39 is 0 Å². The van der Waals surface area contributed by atoms with Gasteiger partial charge in [0.1, 0.15) is 0 Å². The Bertz CT molecular complexity index is 461. The van der Waals surface area contributed by atoms with E-state index in [2.05, 4.69) is 11.8 Å². The number of carbonyl (C=O) groups is 1. The van der Waals surface area contributed by atoms with Gasteiger partial charge in [-0.25, -0.2) is 0 Å². The molecule has 1 aromatic rings. The Kier molecular flexibility index (Phi) is 5.26. The van der Waals surface area contributed by atoms with E-state index in [0.717, 1.165) is 6.54 Å². The molecule has 104 valence electrons. The standard InChI is InChI=1S/C15H19Cl2NO/c1-11-5-3-2-4-8-18(11)10-15(19)13-7-6-12(16)9-14(13)17/h6-7,9,11H,2-5,8,10H2,1H3. The minimum Gasteiger partial charge on any atom is -0.293 e. The lowest BCUT2D eigenvalue weighted by Crippen LogP contribution is -2.37. The van der Waals surface area contributed by atoms with E-state index in [-0.39, 0.29) is 5.78 Å². The highest BCUT2D eigenvalue weighted by Crippen LogP contribution is 2.23. The van der Waals surface area contributed by atoms with Gasteiger partial charge in [-0.1, -0.05) is 36.0 Å². The van der Waals surface area contributed by atoms with Crippen molar-refractivity contribution in [2.75, 3.05) is 13.1 Å². The molecule has 1 aliphatic heterocycles. The third-order valence-corrected chi connectivity index (χ3v) is 4.32. The molecule has 19 heavy (non-hydrogen) atoms. The predicted octanol–water partition coefficient (Wildman–Crippen LogP) is 4.44. The maximum absolute atomic E-state index is 12.3. The Labute approximate surface area is 124 Å². The van der Waals surface area contributed by atoms with E-state index in [4.69, 9.17) is 23.2 Å². The maximum Gasteiger partial charge on any atom is 0.178 e. The first-order valence-electron chi connectivity index (χ1n) is 6.80. The summed E-state index contributed by atoms with van der Waals surface area (Å²) >= 11 is 11.9. The molecule has 0 bridgehead atoms. The van der Waals surface area contributed by atoms with Crippen LogP contribution in [0.1, 0.15) is 43.0 Å². The summed E-state index contributed by atoms with van der Waals surface area (Å²) < 4.78 is 0. The van der Waals surface area contributed by atoms with Crippen LogP contribution in [-0.2, 0) is 0 Å². The smallest absolute Gasteiger partial charge is 0.178 e. The first-order chi connectivity index (χ1) is 9.08. The summed E-state index contributed by atoms with van der Waals surface area (Å²) in [7, 11) is 0. The fourth-order valence-corrected chi connectivity index (χ4v) is 3.07. The van der Waals surface area contributed by atoms with Gasteiger partial charge >= 0.3 is 0 Å². The van der Waals surface area contributed by atoms with Crippen molar-refractivity contribution in [2.24, 2.45) is 0 Å². The number of carbonyl (C=O) groups excluding carboxylic acids is 1. The average molecular weight is 300 g/mol. The summed E-state index contributed by atoms with van der Waals surface area (Å²) in [5.74, 6) is 0.0791. The van der Waals surface area contributed by atoms with E-state index in [9.17, 15) is 4.79 Å². The van der Waals surface area contributed by atoms with Crippen molar-refractivity contribution < 1.29 is 4.79 Å². The van der Waals surface area contributed by atoms with Crippen LogP contribution in [0.3, 0.4) is 0 Å².